The summed E-state index contributed by atoms with van der Waals surface area (Å²) in [6.45, 7) is 0.0908. The highest BCUT2D eigenvalue weighted by Gasteiger charge is 2.19. The highest BCUT2D eigenvalue weighted by Crippen LogP contribution is 2.29. The number of alkyl halides is 2. The van der Waals surface area contributed by atoms with Crippen molar-refractivity contribution in [3.63, 3.8) is 0 Å². The molecule has 0 aromatic carbocycles. The summed E-state index contributed by atoms with van der Waals surface area (Å²) >= 11 is 4.87. The molecule has 2 nitrogen and oxygen atoms in total. The van der Waals surface area contributed by atoms with Crippen molar-refractivity contribution >= 4 is 27.3 Å². The van der Waals surface area contributed by atoms with Gasteiger partial charge in [0.2, 0.25) is 0 Å². The van der Waals surface area contributed by atoms with Gasteiger partial charge < -0.3 is 5.73 Å². The maximum absolute atomic E-state index is 12.2. The number of halogens is 3. The molecular formula is C9H13BrF2N2S. The second-order valence-corrected chi connectivity index (χ2v) is 5.72. The Balaban J connectivity index is 2.70. The number of hydrogen-bond donors (Lipinski definition) is 1. The first kappa shape index (κ1) is 13.0. The number of nitrogens with two attached hydrogens (primary N) is 1. The summed E-state index contributed by atoms with van der Waals surface area (Å²) < 4.78 is 25.4. The zero-order valence-corrected chi connectivity index (χ0v) is 10.7. The monoisotopic (exact) mass is 298 g/mol. The van der Waals surface area contributed by atoms with Crippen molar-refractivity contribution in [2.24, 2.45) is 5.73 Å². The van der Waals surface area contributed by atoms with E-state index in [1.807, 2.05) is 12.1 Å². The average Bonchev–Trinajstić information content (AvgIpc) is 2.51. The van der Waals surface area contributed by atoms with Gasteiger partial charge in [-0.3, -0.25) is 4.90 Å². The Bertz CT molecular complexity index is 306. The van der Waals surface area contributed by atoms with Crippen molar-refractivity contribution in [2.75, 3.05) is 20.1 Å². The molecule has 1 aromatic rings. The van der Waals surface area contributed by atoms with Crippen LogP contribution >= 0.6 is 27.3 Å². The minimum absolute atomic E-state index is 0.129. The molecule has 1 rings (SSSR count). The quantitative estimate of drug-likeness (QED) is 0.906. The molecule has 2 N–H and O–H groups in total. The minimum Gasteiger partial charge on any atom is -0.329 e. The van der Waals surface area contributed by atoms with Crippen LogP contribution in [0.4, 0.5) is 8.78 Å². The van der Waals surface area contributed by atoms with E-state index in [2.05, 4.69) is 15.9 Å². The first-order chi connectivity index (χ1) is 7.04. The van der Waals surface area contributed by atoms with Gasteiger partial charge in [0.15, 0.2) is 0 Å². The molecule has 1 aromatic heterocycles. The van der Waals surface area contributed by atoms with Crippen LogP contribution in [0.25, 0.3) is 0 Å². The van der Waals surface area contributed by atoms with Crippen LogP contribution in [-0.4, -0.2) is 31.5 Å². The third-order valence-corrected chi connectivity index (χ3v) is 3.83. The summed E-state index contributed by atoms with van der Waals surface area (Å²) in [4.78, 5) is 2.59. The molecule has 86 valence electrons. The highest BCUT2D eigenvalue weighted by atomic mass is 79.9. The Morgan fingerprint density at radius 1 is 1.53 bits per heavy atom. The number of hydrogen-bond acceptors (Lipinski definition) is 3. The van der Waals surface area contributed by atoms with Gasteiger partial charge in [0, 0.05) is 11.4 Å². The molecule has 0 spiro atoms. The van der Waals surface area contributed by atoms with Crippen LogP contribution < -0.4 is 5.73 Å². The van der Waals surface area contributed by atoms with E-state index in [0.717, 1.165) is 8.66 Å². The van der Waals surface area contributed by atoms with E-state index in [9.17, 15) is 8.78 Å². The molecule has 0 bridgehead atoms. The second kappa shape index (κ2) is 5.89. The molecule has 1 unspecified atom stereocenters. The molecule has 0 amide bonds. The summed E-state index contributed by atoms with van der Waals surface area (Å²) in [7, 11) is 1.66. The molecule has 0 aliphatic carbocycles. The predicted molar refractivity (Wildman–Crippen MR) is 62.4 cm³/mol. The van der Waals surface area contributed by atoms with Crippen molar-refractivity contribution < 1.29 is 8.78 Å². The standard InChI is InChI=1S/C9H13BrF2N2S/c1-14(5-9(11)12)6(4-13)7-2-3-8(10)15-7/h2-3,6,9H,4-5,13H2,1H3. The average molecular weight is 299 g/mol. The molecule has 0 saturated heterocycles. The van der Waals surface area contributed by atoms with Crippen molar-refractivity contribution in [3.05, 3.63) is 20.8 Å². The summed E-state index contributed by atoms with van der Waals surface area (Å²) in [5.41, 5.74) is 5.60. The van der Waals surface area contributed by atoms with Gasteiger partial charge in [0.05, 0.1) is 16.4 Å². The topological polar surface area (TPSA) is 29.3 Å². The van der Waals surface area contributed by atoms with Crippen LogP contribution in [0.5, 0.6) is 0 Å². The van der Waals surface area contributed by atoms with Crippen molar-refractivity contribution in [1.29, 1.82) is 0 Å². The molecular weight excluding hydrogens is 286 g/mol. The van der Waals surface area contributed by atoms with E-state index < -0.39 is 6.43 Å². The first-order valence-corrected chi connectivity index (χ1v) is 6.09. The molecule has 0 aliphatic heterocycles. The fourth-order valence-corrected chi connectivity index (χ4v) is 2.97. The van der Waals surface area contributed by atoms with Gasteiger partial charge >= 0.3 is 0 Å². The third kappa shape index (κ3) is 3.79. The maximum Gasteiger partial charge on any atom is 0.251 e. The van der Waals surface area contributed by atoms with E-state index >= 15 is 0 Å². The first-order valence-electron chi connectivity index (χ1n) is 4.48. The Labute approximate surface area is 100 Å². The van der Waals surface area contributed by atoms with Crippen LogP contribution in [0.1, 0.15) is 10.9 Å². The Morgan fingerprint density at radius 2 is 2.20 bits per heavy atom. The Kier molecular flexibility index (Phi) is 5.11. The number of rotatable bonds is 5. The van der Waals surface area contributed by atoms with Crippen molar-refractivity contribution in [1.82, 2.24) is 4.90 Å². The lowest BCUT2D eigenvalue weighted by Crippen LogP contribution is -2.33. The molecule has 6 heteroatoms. The lowest BCUT2D eigenvalue weighted by molar-refractivity contribution is 0.0829. The maximum atomic E-state index is 12.2. The van der Waals surface area contributed by atoms with Gasteiger partial charge in [-0.15, -0.1) is 11.3 Å². The molecule has 1 atom stereocenters. The molecule has 0 saturated carbocycles. The van der Waals surface area contributed by atoms with Gasteiger partial charge in [-0.2, -0.15) is 0 Å². The molecule has 0 aliphatic rings. The predicted octanol–water partition coefficient (Wildman–Crippen LogP) is 2.71. The van der Waals surface area contributed by atoms with Crippen LogP contribution in [0.3, 0.4) is 0 Å². The van der Waals surface area contributed by atoms with Gasteiger partial charge in [-0.1, -0.05) is 0 Å². The van der Waals surface area contributed by atoms with E-state index in [-0.39, 0.29) is 12.6 Å². The largest absolute Gasteiger partial charge is 0.329 e. The van der Waals surface area contributed by atoms with E-state index in [0.29, 0.717) is 6.54 Å². The zero-order chi connectivity index (χ0) is 11.4. The van der Waals surface area contributed by atoms with Crippen LogP contribution in [0, 0.1) is 0 Å². The lowest BCUT2D eigenvalue weighted by Gasteiger charge is -2.25. The van der Waals surface area contributed by atoms with Gasteiger partial charge in [-0.25, -0.2) is 8.78 Å². The normalized spacial score (nSPS) is 13.8. The highest BCUT2D eigenvalue weighted by molar-refractivity contribution is 9.11. The number of nitrogens with zero attached hydrogens (tertiary/aromatic N) is 1. The number of likely N-dealkylation sites (N-methyl/N-ethyl adjacent to an activating group) is 1. The van der Waals surface area contributed by atoms with Gasteiger partial charge in [0.1, 0.15) is 0 Å². The van der Waals surface area contributed by atoms with E-state index in [1.165, 1.54) is 11.3 Å². The van der Waals surface area contributed by atoms with Crippen LogP contribution in [-0.2, 0) is 0 Å². The summed E-state index contributed by atoms with van der Waals surface area (Å²) in [5, 5.41) is 0. The molecule has 15 heavy (non-hydrogen) atoms. The minimum atomic E-state index is -2.33. The summed E-state index contributed by atoms with van der Waals surface area (Å²) in [6, 6.07) is 3.68. The molecule has 0 radical (unpaired) electrons. The summed E-state index contributed by atoms with van der Waals surface area (Å²) in [6.07, 6.45) is -2.33. The smallest absolute Gasteiger partial charge is 0.251 e. The molecule has 0 fully saturated rings. The van der Waals surface area contributed by atoms with E-state index in [4.69, 9.17) is 5.73 Å². The van der Waals surface area contributed by atoms with Crippen molar-refractivity contribution in [2.45, 2.75) is 12.5 Å². The van der Waals surface area contributed by atoms with Crippen molar-refractivity contribution in [3.8, 4) is 0 Å². The Hall–Kier alpha value is -0.0400. The second-order valence-electron chi connectivity index (χ2n) is 3.22. The fourth-order valence-electron chi connectivity index (χ4n) is 1.37. The fraction of sp³-hybridized carbons (Fsp3) is 0.556. The van der Waals surface area contributed by atoms with Crippen LogP contribution in [0.15, 0.2) is 15.9 Å². The van der Waals surface area contributed by atoms with Gasteiger partial charge in [-0.05, 0) is 35.1 Å². The number of thiophene rings is 1. The van der Waals surface area contributed by atoms with E-state index in [1.54, 1.807) is 11.9 Å². The Morgan fingerprint density at radius 3 is 2.60 bits per heavy atom. The van der Waals surface area contributed by atoms with Gasteiger partial charge in [0.25, 0.3) is 6.43 Å². The van der Waals surface area contributed by atoms with Crippen LogP contribution in [0.2, 0.25) is 0 Å². The third-order valence-electron chi connectivity index (χ3n) is 2.10. The lowest BCUT2D eigenvalue weighted by atomic mass is 10.2. The summed E-state index contributed by atoms with van der Waals surface area (Å²) in [5.74, 6) is 0. The molecule has 1 heterocycles. The zero-order valence-electron chi connectivity index (χ0n) is 8.29. The SMILES string of the molecule is CN(CC(F)F)C(CN)c1ccc(Br)s1.